The predicted octanol–water partition coefficient (Wildman–Crippen LogP) is 3.32. The van der Waals surface area contributed by atoms with E-state index in [1.807, 2.05) is 11.8 Å². The third-order valence-electron chi connectivity index (χ3n) is 3.48. The molecule has 0 amide bonds. The van der Waals surface area contributed by atoms with E-state index in [1.165, 1.54) is 16.9 Å². The smallest absolute Gasteiger partial charge is 0.0500 e. The highest BCUT2D eigenvalue weighted by molar-refractivity contribution is 8.01. The average Bonchev–Trinajstić information content (AvgIpc) is 2.56. The summed E-state index contributed by atoms with van der Waals surface area (Å²) in [5.41, 5.74) is 3.04. The maximum atomic E-state index is 3.66. The van der Waals surface area contributed by atoms with Gasteiger partial charge in [-0.15, -0.1) is 11.8 Å². The van der Waals surface area contributed by atoms with E-state index in [9.17, 15) is 0 Å². The number of thioether (sulfide) groups is 1. The maximum Gasteiger partial charge on any atom is 0.0500 e. The molecule has 2 aliphatic rings. The minimum Gasteiger partial charge on any atom is -0.312 e. The first-order valence-electron chi connectivity index (χ1n) is 6.09. The van der Waals surface area contributed by atoms with Crippen LogP contribution >= 0.6 is 11.8 Å². The van der Waals surface area contributed by atoms with Crippen LogP contribution in [0.5, 0.6) is 0 Å². The summed E-state index contributed by atoms with van der Waals surface area (Å²) >= 11 is 2.04. The Balaban J connectivity index is 2.03. The van der Waals surface area contributed by atoms with Crippen molar-refractivity contribution in [3.63, 3.8) is 0 Å². The fraction of sp³-hybridized carbons (Fsp3) is 0.429. The van der Waals surface area contributed by atoms with Crippen molar-refractivity contribution in [3.05, 3.63) is 35.9 Å². The lowest BCUT2D eigenvalue weighted by Crippen LogP contribution is -2.36. The zero-order valence-electron chi connectivity index (χ0n) is 9.57. The lowest BCUT2D eigenvalue weighted by atomic mass is 9.97. The summed E-state index contributed by atoms with van der Waals surface area (Å²) in [5, 5.41) is 4.29. The Kier molecular flexibility index (Phi) is 2.78. The van der Waals surface area contributed by atoms with Crippen LogP contribution in [0.25, 0.3) is 5.57 Å². The van der Waals surface area contributed by atoms with Crippen LogP contribution < -0.4 is 5.32 Å². The van der Waals surface area contributed by atoms with E-state index in [0.717, 1.165) is 13.0 Å². The highest BCUT2D eigenvalue weighted by Crippen LogP contribution is 2.47. The number of rotatable bonds is 1. The van der Waals surface area contributed by atoms with Crippen LogP contribution in [0.4, 0.5) is 0 Å². The topological polar surface area (TPSA) is 12.0 Å². The van der Waals surface area contributed by atoms with Crippen LogP contribution in [0.2, 0.25) is 0 Å². The van der Waals surface area contributed by atoms with Crippen molar-refractivity contribution in [3.8, 4) is 0 Å². The van der Waals surface area contributed by atoms with Crippen molar-refractivity contribution in [2.45, 2.75) is 36.0 Å². The summed E-state index contributed by atoms with van der Waals surface area (Å²) in [7, 11) is 0. The van der Waals surface area contributed by atoms with Gasteiger partial charge in [0.05, 0.1) is 5.25 Å². The summed E-state index contributed by atoms with van der Waals surface area (Å²) in [6.45, 7) is 3.41. The number of benzene rings is 1. The van der Waals surface area contributed by atoms with Gasteiger partial charge in [0.2, 0.25) is 0 Å². The molecular weight excluding hydrogens is 214 g/mol. The molecule has 0 aromatic heterocycles. The van der Waals surface area contributed by atoms with E-state index in [4.69, 9.17) is 0 Å². The highest BCUT2D eigenvalue weighted by Gasteiger charge is 2.33. The number of fused-ring (bicyclic) bond motifs is 3. The van der Waals surface area contributed by atoms with Crippen molar-refractivity contribution in [1.82, 2.24) is 5.32 Å². The van der Waals surface area contributed by atoms with E-state index in [0.29, 0.717) is 11.3 Å². The van der Waals surface area contributed by atoms with Gasteiger partial charge >= 0.3 is 0 Å². The summed E-state index contributed by atoms with van der Waals surface area (Å²) in [6.07, 6.45) is 4.81. The maximum absolute atomic E-state index is 3.66. The van der Waals surface area contributed by atoms with Crippen LogP contribution in [-0.4, -0.2) is 17.8 Å². The lowest BCUT2D eigenvalue weighted by molar-refractivity contribution is 0.530. The molecule has 0 aliphatic carbocycles. The second kappa shape index (κ2) is 4.27. The van der Waals surface area contributed by atoms with Gasteiger partial charge in [0.25, 0.3) is 0 Å². The molecule has 2 atom stereocenters. The fourth-order valence-corrected chi connectivity index (χ4v) is 4.19. The van der Waals surface area contributed by atoms with E-state index >= 15 is 0 Å². The van der Waals surface area contributed by atoms with Gasteiger partial charge in [-0.05, 0) is 36.6 Å². The van der Waals surface area contributed by atoms with Crippen LogP contribution in [0, 0.1) is 0 Å². The molecule has 0 spiro atoms. The molecule has 3 rings (SSSR count). The molecule has 2 heteroatoms. The molecule has 0 saturated heterocycles. The molecule has 0 bridgehead atoms. The monoisotopic (exact) mass is 231 g/mol. The summed E-state index contributed by atoms with van der Waals surface area (Å²) in [5.74, 6) is 0. The summed E-state index contributed by atoms with van der Waals surface area (Å²) in [4.78, 5) is 1.46. The Bertz CT molecular complexity index is 424. The van der Waals surface area contributed by atoms with Crippen molar-refractivity contribution in [2.24, 2.45) is 0 Å². The zero-order valence-corrected chi connectivity index (χ0v) is 10.4. The van der Waals surface area contributed by atoms with E-state index in [-0.39, 0.29) is 0 Å². The zero-order chi connectivity index (χ0) is 11.0. The number of nitrogens with one attached hydrogen (secondary N) is 1. The molecule has 1 aromatic carbocycles. The molecule has 0 radical (unpaired) electrons. The van der Waals surface area contributed by atoms with Crippen LogP contribution in [-0.2, 0) is 0 Å². The van der Waals surface area contributed by atoms with Gasteiger partial charge < -0.3 is 5.32 Å². The van der Waals surface area contributed by atoms with Gasteiger partial charge in [0.15, 0.2) is 0 Å². The van der Waals surface area contributed by atoms with Gasteiger partial charge in [-0.1, -0.05) is 31.2 Å². The van der Waals surface area contributed by atoms with Gasteiger partial charge in [-0.2, -0.15) is 0 Å². The van der Waals surface area contributed by atoms with E-state index in [2.05, 4.69) is 42.6 Å². The van der Waals surface area contributed by atoms with Gasteiger partial charge in [-0.25, -0.2) is 0 Å². The molecule has 1 N–H and O–H groups in total. The van der Waals surface area contributed by atoms with Crippen LogP contribution in [0.1, 0.15) is 25.3 Å². The lowest BCUT2D eigenvalue weighted by Gasteiger charge is -2.21. The largest absolute Gasteiger partial charge is 0.312 e. The molecule has 84 valence electrons. The summed E-state index contributed by atoms with van der Waals surface area (Å²) < 4.78 is 0. The van der Waals surface area contributed by atoms with Crippen LogP contribution in [0.3, 0.4) is 0 Å². The highest BCUT2D eigenvalue weighted by atomic mass is 32.2. The Morgan fingerprint density at radius 2 is 2.25 bits per heavy atom. The van der Waals surface area contributed by atoms with Gasteiger partial charge in [0.1, 0.15) is 0 Å². The third-order valence-corrected chi connectivity index (χ3v) is 4.93. The van der Waals surface area contributed by atoms with Crippen molar-refractivity contribution in [2.75, 3.05) is 6.54 Å². The predicted molar refractivity (Wildman–Crippen MR) is 70.8 cm³/mol. The molecule has 2 unspecified atom stereocenters. The second-order valence-electron chi connectivity index (χ2n) is 4.45. The molecule has 16 heavy (non-hydrogen) atoms. The fourth-order valence-electron chi connectivity index (χ4n) is 2.65. The van der Waals surface area contributed by atoms with Crippen molar-refractivity contribution in [1.29, 1.82) is 0 Å². The van der Waals surface area contributed by atoms with Gasteiger partial charge in [0, 0.05) is 10.9 Å². The molecule has 2 aliphatic heterocycles. The SMILES string of the molecule is CCC1NCCC=C2c3ccccc3SC21. The molecule has 1 nitrogen and oxygen atoms in total. The first kappa shape index (κ1) is 10.4. The minimum atomic E-state index is 0.630. The molecule has 0 fully saturated rings. The van der Waals surface area contributed by atoms with Crippen molar-refractivity contribution < 1.29 is 0 Å². The number of hydrogen-bond acceptors (Lipinski definition) is 2. The normalized spacial score (nSPS) is 27.9. The first-order valence-corrected chi connectivity index (χ1v) is 6.97. The summed E-state index contributed by atoms with van der Waals surface area (Å²) in [6, 6.07) is 9.45. The Hall–Kier alpha value is -0.730. The Morgan fingerprint density at radius 1 is 1.38 bits per heavy atom. The van der Waals surface area contributed by atoms with E-state index in [1.54, 1.807) is 5.57 Å². The third kappa shape index (κ3) is 1.61. The van der Waals surface area contributed by atoms with Crippen LogP contribution in [0.15, 0.2) is 35.2 Å². The first-order chi connectivity index (χ1) is 7.90. The van der Waals surface area contributed by atoms with Crippen molar-refractivity contribution >= 4 is 17.3 Å². The number of hydrogen-bond donors (Lipinski definition) is 1. The molecule has 0 saturated carbocycles. The Labute approximate surface area is 101 Å². The molecule has 2 heterocycles. The molecular formula is C14H17NS. The van der Waals surface area contributed by atoms with E-state index < -0.39 is 0 Å². The minimum absolute atomic E-state index is 0.630. The molecule has 1 aromatic rings. The average molecular weight is 231 g/mol. The Morgan fingerprint density at radius 3 is 3.12 bits per heavy atom. The van der Waals surface area contributed by atoms with Gasteiger partial charge in [-0.3, -0.25) is 0 Å². The second-order valence-corrected chi connectivity index (χ2v) is 5.64. The quantitative estimate of drug-likeness (QED) is 0.795. The standard InChI is InChI=1S/C14H17NS/c1-2-12-14-11(7-5-9-15-12)10-6-3-4-8-13(10)16-14/h3-4,6-8,12,14-15H,2,5,9H2,1H3.